The Kier molecular flexibility index (Phi) is 6.61. The summed E-state index contributed by atoms with van der Waals surface area (Å²) in [6.07, 6.45) is 0. The minimum absolute atomic E-state index is 0.227. The van der Waals surface area contributed by atoms with Crippen LogP contribution in [0.4, 0.5) is 11.4 Å². The van der Waals surface area contributed by atoms with Crippen LogP contribution in [0.3, 0.4) is 0 Å². The average molecular weight is 413 g/mol. The summed E-state index contributed by atoms with van der Waals surface area (Å²) in [5.74, 6) is 1.52. The predicted molar refractivity (Wildman–Crippen MR) is 115 cm³/mol. The van der Waals surface area contributed by atoms with Gasteiger partial charge in [0, 0.05) is 19.3 Å². The Hall–Kier alpha value is -3.19. The zero-order valence-electron chi connectivity index (χ0n) is 16.4. The molecule has 29 heavy (non-hydrogen) atoms. The van der Waals surface area contributed by atoms with Crippen LogP contribution in [-0.4, -0.2) is 35.7 Å². The van der Waals surface area contributed by atoms with Gasteiger partial charge in [-0.1, -0.05) is 24.3 Å². The van der Waals surface area contributed by atoms with E-state index < -0.39 is 10.0 Å². The molecule has 0 spiro atoms. The number of sulfonamides is 1. The summed E-state index contributed by atoms with van der Waals surface area (Å²) < 4.78 is 37.9. The summed E-state index contributed by atoms with van der Waals surface area (Å²) in [7, 11) is -0.479. The second-order valence-electron chi connectivity index (χ2n) is 6.29. The molecule has 3 aromatic carbocycles. The first kappa shape index (κ1) is 20.5. The first-order valence-corrected chi connectivity index (χ1v) is 10.6. The summed E-state index contributed by atoms with van der Waals surface area (Å²) in [6.45, 7) is 0.970. The van der Waals surface area contributed by atoms with Crippen molar-refractivity contribution >= 4 is 21.4 Å². The standard InChI is InChI=1S/C22H24N2O4S/c1-24(19-8-4-3-5-9-19)29(25,26)22-10-6-7-18(17-22)23-15-16-28-21-13-11-20(27-2)12-14-21/h3-14,17,23H,15-16H2,1-2H3. The molecule has 0 atom stereocenters. The van der Waals surface area contributed by atoms with E-state index in [0.29, 0.717) is 24.5 Å². The van der Waals surface area contributed by atoms with Gasteiger partial charge in [-0.25, -0.2) is 8.42 Å². The van der Waals surface area contributed by atoms with Crippen LogP contribution in [0, 0.1) is 0 Å². The highest BCUT2D eigenvalue weighted by Crippen LogP contribution is 2.23. The van der Waals surface area contributed by atoms with E-state index in [1.807, 2.05) is 48.5 Å². The molecule has 0 unspecified atom stereocenters. The molecule has 7 heteroatoms. The lowest BCUT2D eigenvalue weighted by atomic mass is 10.3. The van der Waals surface area contributed by atoms with Gasteiger partial charge in [-0.15, -0.1) is 0 Å². The molecule has 0 radical (unpaired) electrons. The molecule has 3 aromatic rings. The highest BCUT2D eigenvalue weighted by molar-refractivity contribution is 7.92. The Balaban J connectivity index is 1.60. The Morgan fingerprint density at radius 2 is 1.59 bits per heavy atom. The number of anilines is 2. The monoisotopic (exact) mass is 412 g/mol. The smallest absolute Gasteiger partial charge is 0.264 e. The fourth-order valence-electron chi connectivity index (χ4n) is 2.74. The van der Waals surface area contributed by atoms with Crippen LogP contribution < -0.4 is 19.1 Å². The molecular weight excluding hydrogens is 388 g/mol. The van der Waals surface area contributed by atoms with Crippen LogP contribution in [0.15, 0.2) is 83.8 Å². The third-order valence-electron chi connectivity index (χ3n) is 4.37. The molecule has 152 valence electrons. The third-order valence-corrected chi connectivity index (χ3v) is 6.15. The van der Waals surface area contributed by atoms with E-state index >= 15 is 0 Å². The molecule has 0 saturated heterocycles. The van der Waals surface area contributed by atoms with Gasteiger partial charge in [0.05, 0.1) is 17.7 Å². The summed E-state index contributed by atoms with van der Waals surface area (Å²) in [5.41, 5.74) is 1.32. The largest absolute Gasteiger partial charge is 0.497 e. The molecule has 0 aliphatic rings. The number of rotatable bonds is 9. The van der Waals surface area contributed by atoms with Crippen LogP contribution in [-0.2, 0) is 10.0 Å². The lowest BCUT2D eigenvalue weighted by Crippen LogP contribution is -2.26. The lowest BCUT2D eigenvalue weighted by Gasteiger charge is -2.20. The fraction of sp³-hybridized carbons (Fsp3) is 0.182. The Labute approximate surface area is 171 Å². The maximum Gasteiger partial charge on any atom is 0.264 e. The van der Waals surface area contributed by atoms with Gasteiger partial charge in [0.1, 0.15) is 18.1 Å². The lowest BCUT2D eigenvalue weighted by molar-refractivity contribution is 0.332. The molecule has 6 nitrogen and oxygen atoms in total. The SMILES string of the molecule is COc1ccc(OCCNc2cccc(S(=O)(=O)N(C)c3ccccc3)c2)cc1. The van der Waals surface area contributed by atoms with Gasteiger partial charge < -0.3 is 14.8 Å². The molecule has 0 fully saturated rings. The highest BCUT2D eigenvalue weighted by atomic mass is 32.2. The molecular formula is C22H24N2O4S. The van der Waals surface area contributed by atoms with Gasteiger partial charge in [0.15, 0.2) is 0 Å². The molecule has 0 bridgehead atoms. The van der Waals surface area contributed by atoms with Crippen LogP contribution in [0.2, 0.25) is 0 Å². The van der Waals surface area contributed by atoms with Gasteiger partial charge in [0.2, 0.25) is 0 Å². The summed E-state index contributed by atoms with van der Waals surface area (Å²) in [4.78, 5) is 0.227. The van der Waals surface area contributed by atoms with E-state index in [9.17, 15) is 8.42 Å². The molecule has 3 rings (SSSR count). The molecule has 0 amide bonds. The quantitative estimate of drug-likeness (QED) is 0.538. The minimum atomic E-state index is -3.64. The second-order valence-corrected chi connectivity index (χ2v) is 8.26. The van der Waals surface area contributed by atoms with Crippen molar-refractivity contribution < 1.29 is 17.9 Å². The second kappa shape index (κ2) is 9.34. The Morgan fingerprint density at radius 1 is 0.897 bits per heavy atom. The van der Waals surface area contributed by atoms with E-state index in [1.165, 1.54) is 4.31 Å². The Morgan fingerprint density at radius 3 is 2.28 bits per heavy atom. The summed E-state index contributed by atoms with van der Waals surface area (Å²) in [5, 5.41) is 3.20. The first-order chi connectivity index (χ1) is 14.0. The molecule has 1 N–H and O–H groups in total. The van der Waals surface area contributed by atoms with Crippen molar-refractivity contribution in [3.63, 3.8) is 0 Å². The van der Waals surface area contributed by atoms with Crippen molar-refractivity contribution in [3.8, 4) is 11.5 Å². The minimum Gasteiger partial charge on any atom is -0.497 e. The maximum absolute atomic E-state index is 12.9. The average Bonchev–Trinajstić information content (AvgIpc) is 2.77. The zero-order chi connectivity index (χ0) is 20.7. The van der Waals surface area contributed by atoms with Crippen LogP contribution >= 0.6 is 0 Å². The van der Waals surface area contributed by atoms with Crippen molar-refractivity contribution in [1.82, 2.24) is 0 Å². The number of hydrogen-bond donors (Lipinski definition) is 1. The van der Waals surface area contributed by atoms with Crippen molar-refractivity contribution in [2.75, 3.05) is 36.9 Å². The fourth-order valence-corrected chi connectivity index (χ4v) is 3.98. The van der Waals surface area contributed by atoms with Crippen LogP contribution in [0.5, 0.6) is 11.5 Å². The topological polar surface area (TPSA) is 67.9 Å². The van der Waals surface area contributed by atoms with Crippen molar-refractivity contribution in [2.24, 2.45) is 0 Å². The van der Waals surface area contributed by atoms with Crippen molar-refractivity contribution in [1.29, 1.82) is 0 Å². The number of nitrogens with zero attached hydrogens (tertiary/aromatic N) is 1. The van der Waals surface area contributed by atoms with Gasteiger partial charge in [-0.05, 0) is 54.6 Å². The van der Waals surface area contributed by atoms with E-state index in [0.717, 1.165) is 11.5 Å². The van der Waals surface area contributed by atoms with Crippen LogP contribution in [0.25, 0.3) is 0 Å². The normalized spacial score (nSPS) is 11.0. The van der Waals surface area contributed by atoms with Gasteiger partial charge in [-0.3, -0.25) is 4.31 Å². The zero-order valence-corrected chi connectivity index (χ0v) is 17.2. The molecule has 0 aliphatic heterocycles. The number of benzene rings is 3. The van der Waals surface area contributed by atoms with Gasteiger partial charge >= 0.3 is 0 Å². The summed E-state index contributed by atoms with van der Waals surface area (Å²) in [6, 6.07) is 23.1. The van der Waals surface area contributed by atoms with Crippen molar-refractivity contribution in [2.45, 2.75) is 4.90 Å². The first-order valence-electron chi connectivity index (χ1n) is 9.15. The van der Waals surface area contributed by atoms with Crippen LogP contribution in [0.1, 0.15) is 0 Å². The van der Waals surface area contributed by atoms with E-state index in [1.54, 1.807) is 44.5 Å². The number of para-hydroxylation sites is 1. The van der Waals surface area contributed by atoms with Gasteiger partial charge in [0.25, 0.3) is 10.0 Å². The molecule has 0 saturated carbocycles. The Bertz CT molecular complexity index is 1020. The van der Waals surface area contributed by atoms with E-state index in [2.05, 4.69) is 5.32 Å². The van der Waals surface area contributed by atoms with Gasteiger partial charge in [-0.2, -0.15) is 0 Å². The number of nitrogens with one attached hydrogen (secondary N) is 1. The maximum atomic E-state index is 12.9. The number of ether oxygens (including phenoxy) is 2. The van der Waals surface area contributed by atoms with E-state index in [4.69, 9.17) is 9.47 Å². The number of hydrogen-bond acceptors (Lipinski definition) is 5. The predicted octanol–water partition coefficient (Wildman–Crippen LogP) is 4.01. The van der Waals surface area contributed by atoms with E-state index in [-0.39, 0.29) is 4.90 Å². The third kappa shape index (κ3) is 5.20. The molecule has 0 heterocycles. The summed E-state index contributed by atoms with van der Waals surface area (Å²) >= 11 is 0. The van der Waals surface area contributed by atoms with Crippen molar-refractivity contribution in [3.05, 3.63) is 78.9 Å². The molecule has 0 aliphatic carbocycles. The highest BCUT2D eigenvalue weighted by Gasteiger charge is 2.21. The molecule has 0 aromatic heterocycles. The number of methoxy groups -OCH3 is 1.